The van der Waals surface area contributed by atoms with E-state index in [2.05, 4.69) is 71.9 Å². The molecule has 1 heterocycles. The average Bonchev–Trinajstić information content (AvgIpc) is 3.16. The van der Waals surface area contributed by atoms with E-state index in [1.54, 1.807) is 4.80 Å². The third-order valence-electron chi connectivity index (χ3n) is 6.66. The molecule has 0 aliphatic heterocycles. The smallest absolute Gasteiger partial charge is 0.113 e. The highest BCUT2D eigenvalue weighted by molar-refractivity contribution is 5.75. The molecular formula is C25H35N3O. The van der Waals surface area contributed by atoms with Gasteiger partial charge in [0.05, 0.1) is 12.3 Å². The number of fused-ring (bicyclic) bond motifs is 1. The van der Waals surface area contributed by atoms with Gasteiger partial charge in [0, 0.05) is 5.41 Å². The molecule has 0 amide bonds. The fourth-order valence-corrected chi connectivity index (χ4v) is 3.98. The molecule has 0 saturated heterocycles. The number of para-hydroxylation sites is 1. The van der Waals surface area contributed by atoms with Crippen molar-refractivity contribution < 1.29 is 5.11 Å². The summed E-state index contributed by atoms with van der Waals surface area (Å²) < 4.78 is 0. The molecule has 29 heavy (non-hydrogen) atoms. The van der Waals surface area contributed by atoms with Crippen LogP contribution < -0.4 is 0 Å². The Morgan fingerprint density at radius 3 is 2.34 bits per heavy atom. The second-order valence-electron chi connectivity index (χ2n) is 9.38. The summed E-state index contributed by atoms with van der Waals surface area (Å²) in [7, 11) is 0. The molecule has 2 atom stereocenters. The Morgan fingerprint density at radius 1 is 1.00 bits per heavy atom. The van der Waals surface area contributed by atoms with Gasteiger partial charge in [0.15, 0.2) is 0 Å². The van der Waals surface area contributed by atoms with Gasteiger partial charge in [-0.15, -0.1) is 10.2 Å². The predicted molar refractivity (Wildman–Crippen MR) is 121 cm³/mol. The zero-order valence-electron chi connectivity index (χ0n) is 18.7. The molecule has 3 rings (SSSR count). The van der Waals surface area contributed by atoms with Crippen LogP contribution >= 0.6 is 0 Å². The topological polar surface area (TPSA) is 50.9 Å². The van der Waals surface area contributed by atoms with Crippen LogP contribution in [-0.2, 0) is 10.8 Å². The second kappa shape index (κ2) is 8.27. The summed E-state index contributed by atoms with van der Waals surface area (Å²) in [6.07, 6.45) is 3.09. The van der Waals surface area contributed by atoms with E-state index < -0.39 is 0 Å². The maximum absolute atomic E-state index is 10.3. The lowest BCUT2D eigenvalue weighted by molar-refractivity contribution is 0.179. The van der Waals surface area contributed by atoms with Crippen molar-refractivity contribution in [2.24, 2.45) is 5.92 Å². The number of hydrogen-bond donors (Lipinski definition) is 1. The van der Waals surface area contributed by atoms with Crippen LogP contribution in [0.25, 0.3) is 16.7 Å². The molecule has 0 aliphatic rings. The van der Waals surface area contributed by atoms with Gasteiger partial charge < -0.3 is 5.11 Å². The molecule has 2 unspecified atom stereocenters. The van der Waals surface area contributed by atoms with Crippen LogP contribution in [0.3, 0.4) is 0 Å². The number of nitrogens with zero attached hydrogens (tertiary/aromatic N) is 3. The van der Waals surface area contributed by atoms with Crippen molar-refractivity contribution in [3.63, 3.8) is 0 Å². The molecular weight excluding hydrogens is 358 g/mol. The highest BCUT2D eigenvalue weighted by atomic mass is 16.3. The SMILES string of the molecule is CCC(C)CC(C)(CO)c1ccccc1-n1nc2ccc(C(C)(C)CC)cc2n1. The lowest BCUT2D eigenvalue weighted by Crippen LogP contribution is -2.30. The maximum Gasteiger partial charge on any atom is 0.113 e. The summed E-state index contributed by atoms with van der Waals surface area (Å²) in [4.78, 5) is 1.74. The monoisotopic (exact) mass is 393 g/mol. The summed E-state index contributed by atoms with van der Waals surface area (Å²) in [6, 6.07) is 14.6. The standard InChI is InChI=1S/C25H35N3O/c1-7-18(3)16-25(6,17-29)20-11-9-10-12-23(20)28-26-21-14-13-19(15-22(21)27-28)24(4,5)8-2/h9-15,18,29H,7-8,16-17H2,1-6H3. The van der Waals surface area contributed by atoms with E-state index in [-0.39, 0.29) is 17.4 Å². The summed E-state index contributed by atoms with van der Waals surface area (Å²) in [5.74, 6) is 0.531. The van der Waals surface area contributed by atoms with Crippen LogP contribution in [0.5, 0.6) is 0 Å². The molecule has 0 radical (unpaired) electrons. The maximum atomic E-state index is 10.3. The normalized spacial score (nSPS) is 15.4. The zero-order chi connectivity index (χ0) is 21.2. The fraction of sp³-hybridized carbons (Fsp3) is 0.520. The van der Waals surface area contributed by atoms with Gasteiger partial charge in [0.2, 0.25) is 0 Å². The number of aliphatic hydroxyl groups excluding tert-OH is 1. The van der Waals surface area contributed by atoms with Crippen LogP contribution in [0.15, 0.2) is 42.5 Å². The third-order valence-corrected chi connectivity index (χ3v) is 6.66. The van der Waals surface area contributed by atoms with E-state index in [0.29, 0.717) is 5.92 Å². The minimum atomic E-state index is -0.332. The predicted octanol–water partition coefficient (Wildman–Crippen LogP) is 5.79. The van der Waals surface area contributed by atoms with Gasteiger partial charge in [-0.3, -0.25) is 0 Å². The first-order chi connectivity index (χ1) is 13.7. The van der Waals surface area contributed by atoms with Gasteiger partial charge >= 0.3 is 0 Å². The molecule has 4 nitrogen and oxygen atoms in total. The lowest BCUT2D eigenvalue weighted by Gasteiger charge is -2.32. The van der Waals surface area contributed by atoms with E-state index in [4.69, 9.17) is 10.2 Å². The summed E-state index contributed by atoms with van der Waals surface area (Å²) in [5.41, 5.74) is 4.90. The Morgan fingerprint density at radius 2 is 1.69 bits per heavy atom. The summed E-state index contributed by atoms with van der Waals surface area (Å²) in [6.45, 7) is 13.4. The molecule has 0 fully saturated rings. The average molecular weight is 394 g/mol. The quantitative estimate of drug-likeness (QED) is 0.526. The van der Waals surface area contributed by atoms with Crippen molar-refractivity contribution in [2.45, 2.75) is 71.6 Å². The Kier molecular flexibility index (Phi) is 6.13. The van der Waals surface area contributed by atoms with E-state index in [9.17, 15) is 5.11 Å². The second-order valence-corrected chi connectivity index (χ2v) is 9.38. The molecule has 2 aromatic carbocycles. The largest absolute Gasteiger partial charge is 0.395 e. The molecule has 0 saturated carbocycles. The van der Waals surface area contributed by atoms with Crippen LogP contribution in [-0.4, -0.2) is 26.7 Å². The van der Waals surface area contributed by atoms with Crippen LogP contribution in [0.4, 0.5) is 0 Å². The van der Waals surface area contributed by atoms with Crippen molar-refractivity contribution in [1.82, 2.24) is 15.0 Å². The first kappa shape index (κ1) is 21.5. The Labute approximate surface area is 175 Å². The van der Waals surface area contributed by atoms with Crippen LogP contribution in [0.2, 0.25) is 0 Å². The molecule has 156 valence electrons. The molecule has 0 bridgehead atoms. The van der Waals surface area contributed by atoms with E-state index >= 15 is 0 Å². The Hall–Kier alpha value is -2.20. The van der Waals surface area contributed by atoms with Gasteiger partial charge in [-0.25, -0.2) is 0 Å². The Bertz CT molecular complexity index is 975. The highest BCUT2D eigenvalue weighted by Gasteiger charge is 2.31. The first-order valence-electron chi connectivity index (χ1n) is 10.8. The van der Waals surface area contributed by atoms with Gasteiger partial charge in [0.1, 0.15) is 11.0 Å². The zero-order valence-corrected chi connectivity index (χ0v) is 18.7. The molecule has 4 heteroatoms. The highest BCUT2D eigenvalue weighted by Crippen LogP contribution is 2.35. The van der Waals surface area contributed by atoms with Crippen LogP contribution in [0, 0.1) is 5.92 Å². The summed E-state index contributed by atoms with van der Waals surface area (Å²) >= 11 is 0. The molecule has 0 aliphatic carbocycles. The lowest BCUT2D eigenvalue weighted by atomic mass is 9.75. The van der Waals surface area contributed by atoms with E-state index in [1.165, 1.54) is 5.56 Å². The minimum absolute atomic E-state index is 0.101. The number of benzene rings is 2. The third kappa shape index (κ3) is 4.23. The Balaban J connectivity index is 2.09. The molecule has 1 N–H and O–H groups in total. The molecule has 0 spiro atoms. The van der Waals surface area contributed by atoms with Gasteiger partial charge in [0.25, 0.3) is 0 Å². The first-order valence-corrected chi connectivity index (χ1v) is 10.8. The van der Waals surface area contributed by atoms with Crippen molar-refractivity contribution in [3.8, 4) is 5.69 Å². The van der Waals surface area contributed by atoms with Gasteiger partial charge in [-0.05, 0) is 53.5 Å². The van der Waals surface area contributed by atoms with E-state index in [0.717, 1.165) is 41.5 Å². The number of hydrogen-bond acceptors (Lipinski definition) is 3. The number of rotatable bonds is 8. The van der Waals surface area contributed by atoms with E-state index in [1.807, 2.05) is 12.1 Å². The van der Waals surface area contributed by atoms with Gasteiger partial charge in [-0.1, -0.05) is 72.2 Å². The van der Waals surface area contributed by atoms with Crippen molar-refractivity contribution in [2.75, 3.05) is 6.61 Å². The van der Waals surface area contributed by atoms with Crippen molar-refractivity contribution in [3.05, 3.63) is 53.6 Å². The fourth-order valence-electron chi connectivity index (χ4n) is 3.98. The molecule has 3 aromatic rings. The van der Waals surface area contributed by atoms with Crippen molar-refractivity contribution in [1.29, 1.82) is 0 Å². The number of aliphatic hydroxyl groups is 1. The number of aromatic nitrogens is 3. The molecule has 1 aromatic heterocycles. The van der Waals surface area contributed by atoms with Gasteiger partial charge in [-0.2, -0.15) is 4.80 Å². The summed E-state index contributed by atoms with van der Waals surface area (Å²) in [5, 5.41) is 19.9. The minimum Gasteiger partial charge on any atom is -0.395 e. The van der Waals surface area contributed by atoms with Crippen LogP contribution in [0.1, 0.15) is 71.9 Å². The van der Waals surface area contributed by atoms with Crippen molar-refractivity contribution >= 4 is 11.0 Å².